The smallest absolute Gasteiger partial charge is 0.304 e. The lowest BCUT2D eigenvalue weighted by atomic mass is 9.99. The predicted molar refractivity (Wildman–Crippen MR) is 68.5 cm³/mol. The summed E-state index contributed by atoms with van der Waals surface area (Å²) in [6, 6.07) is 0.117. The van der Waals surface area contributed by atoms with Gasteiger partial charge in [0.25, 0.3) is 0 Å². The van der Waals surface area contributed by atoms with Crippen molar-refractivity contribution in [1.82, 2.24) is 14.5 Å². The molecule has 1 aromatic heterocycles. The highest BCUT2D eigenvalue weighted by Crippen LogP contribution is 2.22. The summed E-state index contributed by atoms with van der Waals surface area (Å²) in [5, 5.41) is 9.55. The van der Waals surface area contributed by atoms with Crippen LogP contribution in [0, 0.1) is 0 Å². The Kier molecular flexibility index (Phi) is 4.24. The minimum Gasteiger partial charge on any atom is -0.481 e. The molecule has 1 aliphatic rings. The Morgan fingerprint density at radius 2 is 2.39 bits per heavy atom. The molecule has 0 aromatic carbocycles. The molecular formula is C12H18ClN3O2. The Balaban J connectivity index is 2.05. The lowest BCUT2D eigenvalue weighted by Gasteiger charge is -2.34. The molecule has 5 nitrogen and oxygen atoms in total. The van der Waals surface area contributed by atoms with E-state index < -0.39 is 5.97 Å². The van der Waals surface area contributed by atoms with E-state index in [4.69, 9.17) is 16.7 Å². The SMILES string of the molecule is Cn1c(Cl)cnc1CN1CCCCC1CC(=O)O. The molecule has 0 aliphatic carbocycles. The Morgan fingerprint density at radius 3 is 3.00 bits per heavy atom. The lowest BCUT2D eigenvalue weighted by Crippen LogP contribution is -2.40. The van der Waals surface area contributed by atoms with E-state index in [9.17, 15) is 4.79 Å². The van der Waals surface area contributed by atoms with Gasteiger partial charge in [0, 0.05) is 13.1 Å². The molecule has 1 N–H and O–H groups in total. The van der Waals surface area contributed by atoms with E-state index in [-0.39, 0.29) is 12.5 Å². The van der Waals surface area contributed by atoms with Crippen LogP contribution in [0.1, 0.15) is 31.5 Å². The van der Waals surface area contributed by atoms with Crippen LogP contribution in [0.5, 0.6) is 0 Å². The molecule has 0 radical (unpaired) electrons. The normalized spacial score (nSPS) is 21.1. The lowest BCUT2D eigenvalue weighted by molar-refractivity contribution is -0.138. The van der Waals surface area contributed by atoms with Crippen LogP contribution in [0.25, 0.3) is 0 Å². The highest BCUT2D eigenvalue weighted by atomic mass is 35.5. The van der Waals surface area contributed by atoms with E-state index in [1.807, 2.05) is 11.6 Å². The zero-order valence-electron chi connectivity index (χ0n) is 10.5. The number of carboxylic acids is 1. The van der Waals surface area contributed by atoms with Crippen molar-refractivity contribution in [3.05, 3.63) is 17.2 Å². The van der Waals surface area contributed by atoms with Crippen LogP contribution in [0.2, 0.25) is 5.15 Å². The topological polar surface area (TPSA) is 58.4 Å². The van der Waals surface area contributed by atoms with Gasteiger partial charge in [-0.2, -0.15) is 0 Å². The number of aliphatic carboxylic acids is 1. The second kappa shape index (κ2) is 5.71. The predicted octanol–water partition coefficient (Wildman–Crippen LogP) is 1.90. The highest BCUT2D eigenvalue weighted by Gasteiger charge is 2.25. The van der Waals surface area contributed by atoms with E-state index in [1.54, 1.807) is 6.20 Å². The summed E-state index contributed by atoms with van der Waals surface area (Å²) in [6.07, 6.45) is 5.01. The minimum absolute atomic E-state index is 0.117. The molecule has 1 fully saturated rings. The van der Waals surface area contributed by atoms with Gasteiger partial charge >= 0.3 is 5.97 Å². The summed E-state index contributed by atoms with van der Waals surface area (Å²) in [7, 11) is 1.88. The summed E-state index contributed by atoms with van der Waals surface area (Å²) in [5.74, 6) is 0.155. The average Bonchev–Trinajstić information content (AvgIpc) is 2.63. The number of likely N-dealkylation sites (tertiary alicyclic amines) is 1. The Labute approximate surface area is 111 Å². The average molecular weight is 272 g/mol. The Morgan fingerprint density at radius 1 is 1.61 bits per heavy atom. The van der Waals surface area contributed by atoms with Crippen LogP contribution in [-0.2, 0) is 18.4 Å². The molecule has 1 saturated heterocycles. The van der Waals surface area contributed by atoms with Crippen molar-refractivity contribution < 1.29 is 9.90 Å². The third-order valence-corrected chi connectivity index (χ3v) is 3.88. The molecule has 1 unspecified atom stereocenters. The first-order chi connectivity index (χ1) is 8.58. The largest absolute Gasteiger partial charge is 0.481 e. The second-order valence-electron chi connectivity index (χ2n) is 4.77. The van der Waals surface area contributed by atoms with Crippen molar-refractivity contribution in [3.8, 4) is 0 Å². The number of hydrogen-bond donors (Lipinski definition) is 1. The van der Waals surface area contributed by atoms with Crippen LogP contribution >= 0.6 is 11.6 Å². The summed E-state index contributed by atoms with van der Waals surface area (Å²) >= 11 is 5.96. The molecular weight excluding hydrogens is 254 g/mol. The standard InChI is InChI=1S/C12H18ClN3O2/c1-15-10(13)7-14-11(15)8-16-5-3-2-4-9(16)6-12(17)18/h7,9H,2-6,8H2,1H3,(H,17,18). The van der Waals surface area contributed by atoms with Crippen molar-refractivity contribution in [2.75, 3.05) is 6.54 Å². The maximum absolute atomic E-state index is 10.9. The number of piperidine rings is 1. The number of rotatable bonds is 4. The number of nitrogens with zero attached hydrogens (tertiary/aromatic N) is 3. The molecule has 0 amide bonds. The number of carbonyl (C=O) groups is 1. The third-order valence-electron chi connectivity index (χ3n) is 3.53. The van der Waals surface area contributed by atoms with Crippen LogP contribution in [0.4, 0.5) is 0 Å². The number of imidazole rings is 1. The number of hydrogen-bond acceptors (Lipinski definition) is 3. The molecule has 1 atom stereocenters. The van der Waals surface area contributed by atoms with E-state index in [0.29, 0.717) is 11.7 Å². The van der Waals surface area contributed by atoms with Gasteiger partial charge in [0.15, 0.2) is 0 Å². The molecule has 18 heavy (non-hydrogen) atoms. The minimum atomic E-state index is -0.732. The maximum Gasteiger partial charge on any atom is 0.304 e. The van der Waals surface area contributed by atoms with Gasteiger partial charge in [0.1, 0.15) is 11.0 Å². The number of carboxylic acid groups (broad SMARTS) is 1. The van der Waals surface area contributed by atoms with Gasteiger partial charge in [-0.25, -0.2) is 4.98 Å². The van der Waals surface area contributed by atoms with Crippen molar-refractivity contribution in [1.29, 1.82) is 0 Å². The summed E-state index contributed by atoms with van der Waals surface area (Å²) in [5.41, 5.74) is 0. The van der Waals surface area contributed by atoms with Gasteiger partial charge in [-0.1, -0.05) is 18.0 Å². The van der Waals surface area contributed by atoms with Crippen LogP contribution < -0.4 is 0 Å². The highest BCUT2D eigenvalue weighted by molar-refractivity contribution is 6.29. The molecule has 0 spiro atoms. The fourth-order valence-electron chi connectivity index (χ4n) is 2.45. The van der Waals surface area contributed by atoms with E-state index in [1.165, 1.54) is 0 Å². The van der Waals surface area contributed by atoms with Gasteiger partial charge in [-0.05, 0) is 19.4 Å². The Hall–Kier alpha value is -1.07. The van der Waals surface area contributed by atoms with E-state index >= 15 is 0 Å². The van der Waals surface area contributed by atoms with Crippen molar-refractivity contribution in [3.63, 3.8) is 0 Å². The molecule has 0 saturated carbocycles. The fourth-order valence-corrected chi connectivity index (χ4v) is 2.60. The number of halogens is 1. The molecule has 1 aliphatic heterocycles. The fraction of sp³-hybridized carbons (Fsp3) is 0.667. The zero-order valence-corrected chi connectivity index (χ0v) is 11.2. The van der Waals surface area contributed by atoms with Gasteiger partial charge in [0.05, 0.1) is 19.2 Å². The van der Waals surface area contributed by atoms with Gasteiger partial charge < -0.3 is 9.67 Å². The second-order valence-corrected chi connectivity index (χ2v) is 5.16. The molecule has 2 rings (SSSR count). The summed E-state index contributed by atoms with van der Waals surface area (Å²) in [4.78, 5) is 17.3. The maximum atomic E-state index is 10.9. The monoisotopic (exact) mass is 271 g/mol. The van der Waals surface area contributed by atoms with Gasteiger partial charge in [-0.15, -0.1) is 0 Å². The molecule has 100 valence electrons. The number of aromatic nitrogens is 2. The van der Waals surface area contributed by atoms with Crippen LogP contribution in [0.3, 0.4) is 0 Å². The molecule has 1 aromatic rings. The summed E-state index contributed by atoms with van der Waals surface area (Å²) in [6.45, 7) is 1.60. The quantitative estimate of drug-likeness (QED) is 0.909. The van der Waals surface area contributed by atoms with Gasteiger partial charge in [0.2, 0.25) is 0 Å². The first-order valence-electron chi connectivity index (χ1n) is 6.20. The first-order valence-corrected chi connectivity index (χ1v) is 6.57. The van der Waals surface area contributed by atoms with Crippen molar-refractivity contribution in [2.45, 2.75) is 38.3 Å². The van der Waals surface area contributed by atoms with Crippen molar-refractivity contribution >= 4 is 17.6 Å². The Bertz CT molecular complexity index is 433. The molecule has 6 heteroatoms. The third kappa shape index (κ3) is 3.03. The first kappa shape index (κ1) is 13.4. The van der Waals surface area contributed by atoms with E-state index in [2.05, 4.69) is 9.88 Å². The molecule has 0 bridgehead atoms. The molecule has 2 heterocycles. The van der Waals surface area contributed by atoms with Crippen LogP contribution in [0.15, 0.2) is 6.20 Å². The summed E-state index contributed by atoms with van der Waals surface area (Å²) < 4.78 is 1.84. The van der Waals surface area contributed by atoms with E-state index in [0.717, 1.165) is 31.6 Å². The zero-order chi connectivity index (χ0) is 13.1. The van der Waals surface area contributed by atoms with Gasteiger partial charge in [-0.3, -0.25) is 9.69 Å². The van der Waals surface area contributed by atoms with Crippen molar-refractivity contribution in [2.24, 2.45) is 7.05 Å². The van der Waals surface area contributed by atoms with Crippen LogP contribution in [-0.4, -0.2) is 38.1 Å².